The van der Waals surface area contributed by atoms with E-state index in [1.165, 1.54) is 24.3 Å². The molecule has 0 bridgehead atoms. The minimum absolute atomic E-state index is 0.0207. The number of aromatic nitrogens is 2. The van der Waals surface area contributed by atoms with E-state index in [0.29, 0.717) is 21.8 Å². The van der Waals surface area contributed by atoms with Crippen LogP contribution in [0.1, 0.15) is 11.4 Å². The molecule has 106 valence electrons. The standard InChI is InChI=1S/C12H14N4O3S/c1-8-7-9(2)16(17)12(14-8)15-20(18,19)11-5-3-10(13)4-6-11/h3-7,17H,13H2,1-2H3/b15-12+. The lowest BCUT2D eigenvalue weighted by Crippen LogP contribution is -2.26. The smallest absolute Gasteiger partial charge is 0.285 e. The summed E-state index contributed by atoms with van der Waals surface area (Å²) >= 11 is 0. The Bertz CT molecular complexity index is 808. The van der Waals surface area contributed by atoms with Gasteiger partial charge in [-0.2, -0.15) is 13.1 Å². The number of nitrogens with two attached hydrogens (primary N) is 1. The van der Waals surface area contributed by atoms with E-state index < -0.39 is 10.0 Å². The van der Waals surface area contributed by atoms with Crippen molar-refractivity contribution in [1.29, 1.82) is 0 Å². The molecule has 0 atom stereocenters. The molecule has 20 heavy (non-hydrogen) atoms. The zero-order chi connectivity index (χ0) is 14.9. The summed E-state index contributed by atoms with van der Waals surface area (Å²) in [5.74, 6) is 0. The van der Waals surface area contributed by atoms with Crippen LogP contribution in [0.4, 0.5) is 5.69 Å². The molecule has 0 saturated carbocycles. The number of sulfonamides is 1. The molecule has 2 aromatic rings. The maximum atomic E-state index is 12.1. The van der Waals surface area contributed by atoms with Gasteiger partial charge in [-0.05, 0) is 44.2 Å². The Morgan fingerprint density at radius 2 is 1.85 bits per heavy atom. The molecule has 0 aliphatic heterocycles. The highest BCUT2D eigenvalue weighted by molar-refractivity contribution is 7.90. The number of rotatable bonds is 2. The summed E-state index contributed by atoms with van der Waals surface area (Å²) in [6.07, 6.45) is 0. The van der Waals surface area contributed by atoms with Gasteiger partial charge in [-0.1, -0.05) is 0 Å². The predicted octanol–water partition coefficient (Wildman–Crippen LogP) is 0.609. The van der Waals surface area contributed by atoms with Crippen molar-refractivity contribution in [3.8, 4) is 0 Å². The number of hydrogen-bond donors (Lipinski definition) is 2. The average Bonchev–Trinajstić information content (AvgIpc) is 2.35. The molecule has 1 aromatic heterocycles. The summed E-state index contributed by atoms with van der Waals surface area (Å²) in [6.45, 7) is 3.30. The van der Waals surface area contributed by atoms with Crippen LogP contribution >= 0.6 is 0 Å². The van der Waals surface area contributed by atoms with Gasteiger partial charge in [0.2, 0.25) is 0 Å². The van der Waals surface area contributed by atoms with E-state index in [4.69, 9.17) is 5.73 Å². The number of anilines is 1. The van der Waals surface area contributed by atoms with Gasteiger partial charge in [0.05, 0.1) is 10.6 Å². The molecule has 0 saturated heterocycles. The van der Waals surface area contributed by atoms with Gasteiger partial charge in [0.25, 0.3) is 15.6 Å². The van der Waals surface area contributed by atoms with Crippen molar-refractivity contribution in [2.45, 2.75) is 18.7 Å². The molecule has 8 heteroatoms. The van der Waals surface area contributed by atoms with Gasteiger partial charge in [0.15, 0.2) is 0 Å². The van der Waals surface area contributed by atoms with E-state index in [2.05, 4.69) is 9.38 Å². The van der Waals surface area contributed by atoms with Crippen LogP contribution in [0.3, 0.4) is 0 Å². The lowest BCUT2D eigenvalue weighted by atomic mass is 10.3. The van der Waals surface area contributed by atoms with Gasteiger partial charge in [-0.25, -0.2) is 4.98 Å². The second-order valence-corrected chi connectivity index (χ2v) is 5.89. The first-order valence-corrected chi connectivity index (χ1v) is 7.17. The second-order valence-electron chi connectivity index (χ2n) is 4.29. The number of aryl methyl sites for hydroxylation is 2. The van der Waals surface area contributed by atoms with E-state index in [0.717, 1.165) is 0 Å². The van der Waals surface area contributed by atoms with Crippen molar-refractivity contribution in [2.24, 2.45) is 4.40 Å². The Labute approximate surface area is 116 Å². The van der Waals surface area contributed by atoms with E-state index in [1.807, 2.05) is 0 Å². The van der Waals surface area contributed by atoms with Crippen molar-refractivity contribution in [2.75, 3.05) is 5.73 Å². The zero-order valence-electron chi connectivity index (χ0n) is 11.0. The van der Waals surface area contributed by atoms with Gasteiger partial charge in [0.1, 0.15) is 0 Å². The van der Waals surface area contributed by atoms with E-state index in [-0.39, 0.29) is 10.5 Å². The monoisotopic (exact) mass is 294 g/mol. The maximum absolute atomic E-state index is 12.1. The van der Waals surface area contributed by atoms with E-state index in [1.54, 1.807) is 19.9 Å². The Balaban J connectivity index is 2.62. The first-order chi connectivity index (χ1) is 9.29. The number of hydrogen-bond acceptors (Lipinski definition) is 5. The van der Waals surface area contributed by atoms with Crippen LogP contribution in [0.2, 0.25) is 0 Å². The summed E-state index contributed by atoms with van der Waals surface area (Å²) in [6, 6.07) is 7.22. The van der Waals surface area contributed by atoms with Gasteiger partial charge in [-0.3, -0.25) is 0 Å². The molecule has 0 amide bonds. The van der Waals surface area contributed by atoms with Crippen molar-refractivity contribution in [3.05, 3.63) is 47.3 Å². The van der Waals surface area contributed by atoms with E-state index in [9.17, 15) is 13.6 Å². The molecule has 2 rings (SSSR count). The largest absolute Gasteiger partial charge is 0.425 e. The lowest BCUT2D eigenvalue weighted by molar-refractivity contribution is 0.160. The Kier molecular flexibility index (Phi) is 3.49. The van der Waals surface area contributed by atoms with Gasteiger partial charge < -0.3 is 10.9 Å². The summed E-state index contributed by atoms with van der Waals surface area (Å²) in [5.41, 5.74) is 6.65. The van der Waals surface area contributed by atoms with Crippen LogP contribution in [0.25, 0.3) is 0 Å². The van der Waals surface area contributed by atoms with Crippen molar-refractivity contribution in [3.63, 3.8) is 0 Å². The number of nitrogens with zero attached hydrogens (tertiary/aromatic N) is 3. The van der Waals surface area contributed by atoms with Crippen LogP contribution in [0, 0.1) is 13.8 Å². The third-order valence-corrected chi connectivity index (χ3v) is 3.87. The third-order valence-electron chi connectivity index (χ3n) is 2.60. The maximum Gasteiger partial charge on any atom is 0.285 e. The highest BCUT2D eigenvalue weighted by Crippen LogP contribution is 2.13. The minimum Gasteiger partial charge on any atom is -0.425 e. The molecule has 3 N–H and O–H groups in total. The van der Waals surface area contributed by atoms with Gasteiger partial charge in [-0.15, -0.1) is 4.40 Å². The van der Waals surface area contributed by atoms with Crippen molar-refractivity contribution < 1.29 is 13.6 Å². The molecule has 0 aliphatic rings. The zero-order valence-corrected chi connectivity index (χ0v) is 11.8. The van der Waals surface area contributed by atoms with Crippen LogP contribution in [0.5, 0.6) is 0 Å². The molecule has 1 heterocycles. The molecule has 1 aromatic carbocycles. The summed E-state index contributed by atoms with van der Waals surface area (Å²) < 4.78 is 28.4. The highest BCUT2D eigenvalue weighted by Gasteiger charge is 2.13. The summed E-state index contributed by atoms with van der Waals surface area (Å²) in [4.78, 5) is 3.88. The van der Waals surface area contributed by atoms with Crippen LogP contribution in [-0.2, 0) is 10.0 Å². The Morgan fingerprint density at radius 1 is 1.25 bits per heavy atom. The molecule has 0 spiro atoms. The first-order valence-electron chi connectivity index (χ1n) is 5.73. The van der Waals surface area contributed by atoms with E-state index >= 15 is 0 Å². The Hall–Kier alpha value is -2.35. The molecule has 0 fully saturated rings. The third kappa shape index (κ3) is 2.80. The fourth-order valence-electron chi connectivity index (χ4n) is 1.62. The Morgan fingerprint density at radius 3 is 2.45 bits per heavy atom. The van der Waals surface area contributed by atoms with Gasteiger partial charge >= 0.3 is 0 Å². The lowest BCUT2D eigenvalue weighted by Gasteiger charge is -2.04. The van der Waals surface area contributed by atoms with Crippen LogP contribution in [0.15, 0.2) is 39.6 Å². The fraction of sp³-hybridized carbons (Fsp3) is 0.167. The normalized spacial score (nSPS) is 12.6. The average molecular weight is 294 g/mol. The number of benzene rings is 1. The topological polar surface area (TPSA) is 111 Å². The van der Waals surface area contributed by atoms with Crippen molar-refractivity contribution in [1.82, 2.24) is 9.71 Å². The highest BCUT2D eigenvalue weighted by atomic mass is 32.2. The van der Waals surface area contributed by atoms with Gasteiger partial charge in [0, 0.05) is 11.4 Å². The molecule has 0 unspecified atom stereocenters. The summed E-state index contributed by atoms with van der Waals surface area (Å²) in [7, 11) is -3.96. The molecular formula is C12H14N4O3S. The fourth-order valence-corrected chi connectivity index (χ4v) is 2.54. The molecule has 0 aliphatic carbocycles. The SMILES string of the molecule is Cc1cc(C)n(O)/c(=N/S(=O)(=O)c2ccc(N)cc2)n1. The first kappa shape index (κ1) is 14.1. The minimum atomic E-state index is -3.96. The second kappa shape index (κ2) is 4.97. The number of nitrogen functional groups attached to an aromatic ring is 1. The van der Waals surface area contributed by atoms with Crippen LogP contribution < -0.4 is 11.4 Å². The predicted molar refractivity (Wildman–Crippen MR) is 72.5 cm³/mol. The molecular weight excluding hydrogens is 280 g/mol. The summed E-state index contributed by atoms with van der Waals surface area (Å²) in [5, 5.41) is 9.75. The quantitative estimate of drug-likeness (QED) is 0.622. The van der Waals surface area contributed by atoms with Crippen molar-refractivity contribution >= 4 is 15.7 Å². The van der Waals surface area contributed by atoms with Crippen LogP contribution in [-0.4, -0.2) is 23.3 Å². The molecule has 7 nitrogen and oxygen atoms in total. The molecule has 0 radical (unpaired) electrons.